The molecule has 450 valence electrons. The molecule has 0 saturated carbocycles. The first-order chi connectivity index (χ1) is 44.6. The maximum atomic E-state index is 17.1. The zero-order valence-electron chi connectivity index (χ0n) is 53.4. The van der Waals surface area contributed by atoms with E-state index in [1.807, 2.05) is 104 Å². The predicted octanol–water partition coefficient (Wildman–Crippen LogP) is 18.3. The van der Waals surface area contributed by atoms with Gasteiger partial charge in [0.25, 0.3) is 5.72 Å². The van der Waals surface area contributed by atoms with Gasteiger partial charge in [0.2, 0.25) is 17.0 Å². The molecule has 0 amide bonds. The smallest absolute Gasteiger partial charge is 0.254 e. The van der Waals surface area contributed by atoms with Gasteiger partial charge in [0.1, 0.15) is 0 Å². The van der Waals surface area contributed by atoms with Crippen LogP contribution < -0.4 is 0 Å². The highest BCUT2D eigenvalue weighted by atomic mass is 17.2. The Kier molecular flexibility index (Phi) is 5.42. The van der Waals surface area contributed by atoms with Gasteiger partial charge in [0.15, 0.2) is 16.8 Å². The fourth-order valence-electron chi connectivity index (χ4n) is 26.4. The number of benzene rings is 15. The van der Waals surface area contributed by atoms with Crippen molar-refractivity contribution in [1.29, 1.82) is 0 Å². The SMILES string of the molecule is CC(C)(C)OO[C@]12C3=C4[C@]5(OOC(C)(C)C)c6c1c1c7c2c2c8c9c%10c%11c%12c%13c%14c%15c%16c%17c(c5c5c6c6c1c1c%18c7c8c7c8c9c%12c9c%12c%13c%16c%13c%16c%17c5c5c6c1c1c(c%187)c(c89)c(c%12%13)c1c5%16)[C@@]%15(OOC(C)(C)C)[C@]4(O)O[C@@](N=O)([C@@H]3[C@@]2%10OOC(C)(C)C)[C@@]%11%14OOC(C)(C)C. The molecule has 0 fully saturated rings. The van der Waals surface area contributed by atoms with Gasteiger partial charge < -0.3 is 9.84 Å². The van der Waals surface area contributed by atoms with E-state index in [4.69, 9.17) is 58.8 Å². The molecule has 0 bridgehead atoms. The number of aliphatic hydroxyl groups is 1. The highest BCUT2D eigenvalue weighted by Gasteiger charge is 2.94. The lowest BCUT2D eigenvalue weighted by molar-refractivity contribution is -0.500. The molecule has 9 aliphatic carbocycles. The second-order valence-corrected chi connectivity index (χ2v) is 36.4. The Morgan fingerprint density at radius 3 is 0.894 bits per heavy atom. The van der Waals surface area contributed by atoms with E-state index in [0.29, 0.717) is 27.8 Å². The first kappa shape index (κ1) is 46.5. The van der Waals surface area contributed by atoms with Crippen molar-refractivity contribution >= 4 is 215 Å². The molecule has 8 atom stereocenters. The molecule has 14 heteroatoms. The molecule has 1 N–H and O–H groups in total. The minimum Gasteiger partial charge on any atom is -0.359 e. The summed E-state index contributed by atoms with van der Waals surface area (Å²) in [4.78, 5) is 94.1. The monoisotopic (exact) mass is 1230 g/mol. The number of hydrogen-bond acceptors (Lipinski definition) is 14. The topological polar surface area (TPSA) is 151 Å². The van der Waals surface area contributed by atoms with Crippen LogP contribution in [-0.2, 0) is 81.6 Å². The van der Waals surface area contributed by atoms with E-state index in [-0.39, 0.29) is 5.57 Å². The summed E-state index contributed by atoms with van der Waals surface area (Å²) in [5.41, 5.74) is -9.65. The van der Waals surface area contributed by atoms with Gasteiger partial charge in [0.05, 0.1) is 33.9 Å². The summed E-state index contributed by atoms with van der Waals surface area (Å²) in [6, 6.07) is 0. The molecule has 14 nitrogen and oxygen atoms in total. The van der Waals surface area contributed by atoms with E-state index in [0.717, 1.165) is 109 Å². The largest absolute Gasteiger partial charge is 0.359 e. The first-order valence-electron chi connectivity index (χ1n) is 33.8. The van der Waals surface area contributed by atoms with Crippen molar-refractivity contribution < 1.29 is 58.7 Å². The summed E-state index contributed by atoms with van der Waals surface area (Å²) < 4.78 is 8.63. The van der Waals surface area contributed by atoms with Crippen LogP contribution in [0.3, 0.4) is 0 Å². The van der Waals surface area contributed by atoms with Gasteiger partial charge in [-0.25, -0.2) is 48.9 Å². The van der Waals surface area contributed by atoms with Crippen LogP contribution in [-0.4, -0.2) is 44.6 Å². The molecular weight excluding hydrogens is 1180 g/mol. The Hall–Kier alpha value is -7.64. The van der Waals surface area contributed by atoms with E-state index >= 15 is 10.0 Å². The quantitative estimate of drug-likeness (QED) is 0.0430. The van der Waals surface area contributed by atoms with Crippen molar-refractivity contribution in [3.63, 3.8) is 0 Å². The summed E-state index contributed by atoms with van der Waals surface area (Å²) in [5.74, 6) is -4.36. The van der Waals surface area contributed by atoms with Crippen LogP contribution in [0, 0.1) is 10.8 Å². The van der Waals surface area contributed by atoms with Crippen LogP contribution in [0.15, 0.2) is 16.3 Å². The van der Waals surface area contributed by atoms with Crippen molar-refractivity contribution in [3.8, 4) is 0 Å². The second kappa shape index (κ2) is 11.0. The summed E-state index contributed by atoms with van der Waals surface area (Å²) in [5, 5.41) is 68.9. The molecule has 21 aromatic rings. The molecule has 1 heterocycles. The van der Waals surface area contributed by atoms with E-state index < -0.39 is 73.4 Å². The molecule has 21 aromatic carbocycles. The third-order valence-electron chi connectivity index (χ3n) is 27.0. The minimum atomic E-state index is -2.88. The first-order valence-corrected chi connectivity index (χ1v) is 33.8. The summed E-state index contributed by atoms with van der Waals surface area (Å²) in [6.07, 6.45) is 0. The van der Waals surface area contributed by atoms with Gasteiger partial charge >= 0.3 is 0 Å². The zero-order valence-corrected chi connectivity index (χ0v) is 53.4. The maximum absolute atomic E-state index is 17.1. The fourth-order valence-corrected chi connectivity index (χ4v) is 26.4. The lowest BCUT2D eigenvalue weighted by atomic mass is 9.45. The van der Waals surface area contributed by atoms with Crippen molar-refractivity contribution in [2.75, 3.05) is 0 Å². The van der Waals surface area contributed by atoms with Gasteiger partial charge in [-0.15, -0.1) is 4.91 Å². The van der Waals surface area contributed by atoms with Crippen molar-refractivity contribution in [1.82, 2.24) is 0 Å². The van der Waals surface area contributed by atoms with Crippen LogP contribution in [0.5, 0.6) is 0 Å². The summed E-state index contributed by atoms with van der Waals surface area (Å²) >= 11 is 0. The average Bonchev–Trinajstić information content (AvgIpc) is 1.37. The molecule has 1 aliphatic heterocycles. The highest BCUT2D eigenvalue weighted by molar-refractivity contribution is 6.77. The van der Waals surface area contributed by atoms with Crippen LogP contribution >= 0.6 is 0 Å². The zero-order chi connectivity index (χ0) is 62.1. The molecule has 31 rings (SSSR count). The van der Waals surface area contributed by atoms with Gasteiger partial charge in [0, 0.05) is 61.2 Å². The van der Waals surface area contributed by atoms with Gasteiger partial charge in [-0.3, -0.25) is 0 Å². The van der Waals surface area contributed by atoms with Gasteiger partial charge in [-0.2, -0.15) is 0 Å². The molecular formula is C80H47NO13. The number of nitrogens with zero attached hydrogens (tertiary/aromatic N) is 1. The summed E-state index contributed by atoms with van der Waals surface area (Å²) in [7, 11) is 0. The van der Waals surface area contributed by atoms with Crippen molar-refractivity contribution in [2.45, 2.75) is 171 Å². The number of hydrogen-bond donors (Lipinski definition) is 1. The standard InChI is InChI=1S/C80H47NO13/c1-69(2,3)85-90-74-56-46-36-26-21-16-17-19-20-18(16)23-30-28(21)38(36)48-50-40(30)42-32(23)34-25(20)35-33-24(19)31-29-22(17)27(26)37-39(29)49-51-41(31)43(33)53-55-45(35)44(34)54-52(42)62-60(50)75(58(48)56,91-86-70(4,5)6)67-66(74)68-76(92-87-71(7,8)9,59(49)57(74)47(37)46)61(51)63(53)78(94-89-73(13,14)15)65(55)64(54)77(62,93-88-72(10,11)12)79(67,81-83)84-80(68,78)82/h67,82H,1-15H3/t67-,74-,75+,76-,77+,78-,79-,80+/m0/s1. The number of nitroso groups, excluding NO2 is 1. The Morgan fingerprint density at radius 1 is 0.298 bits per heavy atom. The van der Waals surface area contributed by atoms with E-state index in [1.165, 1.54) is 140 Å². The molecule has 0 unspecified atom stereocenters. The number of ether oxygens (including phenoxy) is 1. The fraction of sp³-hybridized carbons (Fsp3) is 0.350. The lowest BCUT2D eigenvalue weighted by Crippen LogP contribution is -2.78. The third-order valence-corrected chi connectivity index (χ3v) is 27.0. The molecule has 0 saturated heterocycles. The molecule has 10 aliphatic rings. The van der Waals surface area contributed by atoms with E-state index in [1.54, 1.807) is 0 Å². The molecule has 0 spiro atoms. The minimum absolute atomic E-state index is 0.238. The number of fused-ring (bicyclic) bond motifs is 5. The normalized spacial score (nSPS) is 30.5. The molecule has 0 radical (unpaired) electrons. The van der Waals surface area contributed by atoms with E-state index in [2.05, 4.69) is 0 Å². The highest BCUT2D eigenvalue weighted by Crippen LogP contribution is 2.92. The van der Waals surface area contributed by atoms with Gasteiger partial charge in [-0.05, 0) is 330 Å². The van der Waals surface area contributed by atoms with Crippen molar-refractivity contribution in [3.05, 3.63) is 71.7 Å². The Labute approximate surface area is 525 Å². The Balaban J connectivity index is 1.05. The second-order valence-electron chi connectivity index (χ2n) is 36.4. The van der Waals surface area contributed by atoms with Crippen LogP contribution in [0.2, 0.25) is 0 Å². The van der Waals surface area contributed by atoms with Crippen LogP contribution in [0.25, 0.3) is 215 Å². The van der Waals surface area contributed by atoms with Gasteiger partial charge in [-0.1, -0.05) is 0 Å². The maximum Gasteiger partial charge on any atom is 0.254 e. The average molecular weight is 1230 g/mol. The third kappa shape index (κ3) is 3.14. The summed E-state index contributed by atoms with van der Waals surface area (Å²) in [6.45, 7) is 29.8. The molecule has 94 heavy (non-hydrogen) atoms. The van der Waals surface area contributed by atoms with E-state index in [9.17, 15) is 0 Å². The van der Waals surface area contributed by atoms with Crippen LogP contribution in [0.4, 0.5) is 0 Å². The number of rotatable bonds is 11. The predicted molar refractivity (Wildman–Crippen MR) is 357 cm³/mol. The molecule has 0 aromatic heterocycles. The van der Waals surface area contributed by atoms with Crippen LogP contribution in [0.1, 0.15) is 159 Å². The lowest BCUT2D eigenvalue weighted by Gasteiger charge is -2.68. The van der Waals surface area contributed by atoms with Crippen molar-refractivity contribution in [2.24, 2.45) is 11.1 Å². The Bertz CT molecular complexity index is 7590. The Morgan fingerprint density at radius 2 is 0.532 bits per heavy atom.